The molecule has 0 aliphatic rings. The summed E-state index contributed by atoms with van der Waals surface area (Å²) in [6.45, 7) is 4.87. The lowest BCUT2D eigenvalue weighted by atomic mass is 10.1. The van der Waals surface area contributed by atoms with Crippen LogP contribution >= 0.6 is 0 Å². The number of rotatable bonds is 9. The standard InChI is InChI=1S/C21H24N2O5/c1-15(2)11-12-28-19-9-7-16(13-20(19)27-3)8-10-21(24)22-17-5-4-6-18(14-17)23(25)26/h4-10,13-15H,11-12H2,1-3H3,(H,22,24). The van der Waals surface area contributed by atoms with Crippen LogP contribution in [0.25, 0.3) is 6.08 Å². The Balaban J connectivity index is 2.01. The van der Waals surface area contributed by atoms with Crippen molar-refractivity contribution in [1.82, 2.24) is 0 Å². The van der Waals surface area contributed by atoms with Crippen LogP contribution in [0.3, 0.4) is 0 Å². The maximum Gasteiger partial charge on any atom is 0.271 e. The molecule has 1 N–H and O–H groups in total. The molecule has 0 saturated heterocycles. The Bertz CT molecular complexity index is 862. The van der Waals surface area contributed by atoms with Crippen LogP contribution in [-0.4, -0.2) is 24.5 Å². The van der Waals surface area contributed by atoms with Crippen molar-refractivity contribution in [3.8, 4) is 11.5 Å². The summed E-state index contributed by atoms with van der Waals surface area (Å²) in [5.74, 6) is 1.40. The van der Waals surface area contributed by atoms with Gasteiger partial charge in [-0.2, -0.15) is 0 Å². The number of anilines is 1. The molecule has 0 spiro atoms. The van der Waals surface area contributed by atoms with Gasteiger partial charge >= 0.3 is 0 Å². The summed E-state index contributed by atoms with van der Waals surface area (Å²) in [5, 5.41) is 13.4. The fraction of sp³-hybridized carbons (Fsp3) is 0.286. The van der Waals surface area contributed by atoms with E-state index in [1.165, 1.54) is 24.3 Å². The van der Waals surface area contributed by atoms with Crippen molar-refractivity contribution < 1.29 is 19.2 Å². The highest BCUT2D eigenvalue weighted by Gasteiger charge is 2.08. The number of nitrogens with one attached hydrogen (secondary N) is 1. The molecular formula is C21H24N2O5. The molecule has 0 fully saturated rings. The molecule has 0 aliphatic carbocycles. The second-order valence-electron chi connectivity index (χ2n) is 6.57. The maximum absolute atomic E-state index is 12.1. The number of methoxy groups -OCH3 is 1. The van der Waals surface area contributed by atoms with Gasteiger partial charge in [0.15, 0.2) is 11.5 Å². The number of benzene rings is 2. The van der Waals surface area contributed by atoms with Crippen molar-refractivity contribution in [2.75, 3.05) is 19.0 Å². The fourth-order valence-electron chi connectivity index (χ4n) is 2.36. The van der Waals surface area contributed by atoms with E-state index < -0.39 is 10.8 Å². The molecule has 0 saturated carbocycles. The van der Waals surface area contributed by atoms with Crippen molar-refractivity contribution in [2.45, 2.75) is 20.3 Å². The van der Waals surface area contributed by atoms with Gasteiger partial charge in [-0.3, -0.25) is 14.9 Å². The number of nitro benzene ring substituents is 1. The average Bonchev–Trinajstić information content (AvgIpc) is 2.67. The van der Waals surface area contributed by atoms with E-state index in [1.807, 2.05) is 6.07 Å². The molecule has 2 aromatic rings. The first-order valence-electron chi connectivity index (χ1n) is 8.93. The Labute approximate surface area is 164 Å². The van der Waals surface area contributed by atoms with E-state index in [4.69, 9.17) is 9.47 Å². The van der Waals surface area contributed by atoms with E-state index >= 15 is 0 Å². The summed E-state index contributed by atoms with van der Waals surface area (Å²) in [4.78, 5) is 22.4. The normalized spacial score (nSPS) is 10.9. The smallest absolute Gasteiger partial charge is 0.271 e. The third-order valence-corrected chi connectivity index (χ3v) is 3.89. The topological polar surface area (TPSA) is 90.7 Å². The van der Waals surface area contributed by atoms with Crippen molar-refractivity contribution >= 4 is 23.4 Å². The number of ether oxygens (including phenoxy) is 2. The molecule has 0 heterocycles. The number of hydrogen-bond acceptors (Lipinski definition) is 5. The zero-order valence-corrected chi connectivity index (χ0v) is 16.2. The van der Waals surface area contributed by atoms with E-state index in [0.29, 0.717) is 29.7 Å². The van der Waals surface area contributed by atoms with Crippen LogP contribution in [0, 0.1) is 16.0 Å². The molecule has 0 bridgehead atoms. The summed E-state index contributed by atoms with van der Waals surface area (Å²) in [7, 11) is 1.56. The molecule has 0 aromatic heterocycles. The second-order valence-corrected chi connectivity index (χ2v) is 6.57. The highest BCUT2D eigenvalue weighted by Crippen LogP contribution is 2.29. The minimum atomic E-state index is -0.511. The number of nitrogens with zero attached hydrogens (tertiary/aromatic N) is 1. The zero-order chi connectivity index (χ0) is 20.5. The predicted molar refractivity (Wildman–Crippen MR) is 109 cm³/mol. The SMILES string of the molecule is COc1cc(C=CC(=O)Nc2cccc([N+](=O)[O-])c2)ccc1OCCC(C)C. The first-order valence-corrected chi connectivity index (χ1v) is 8.93. The second kappa shape index (κ2) is 10.1. The molecule has 7 heteroatoms. The molecule has 0 unspecified atom stereocenters. The highest BCUT2D eigenvalue weighted by atomic mass is 16.6. The first-order chi connectivity index (χ1) is 13.4. The fourth-order valence-corrected chi connectivity index (χ4v) is 2.36. The van der Waals surface area contributed by atoms with Crippen LogP contribution in [0.15, 0.2) is 48.5 Å². The first kappa shape index (κ1) is 21.0. The van der Waals surface area contributed by atoms with E-state index in [-0.39, 0.29) is 5.69 Å². The van der Waals surface area contributed by atoms with Crippen LogP contribution < -0.4 is 14.8 Å². The number of amides is 1. The summed E-state index contributed by atoms with van der Waals surface area (Å²) >= 11 is 0. The Morgan fingerprint density at radius 1 is 1.21 bits per heavy atom. The van der Waals surface area contributed by atoms with Crippen LogP contribution in [0.4, 0.5) is 11.4 Å². The third-order valence-electron chi connectivity index (χ3n) is 3.89. The number of nitro groups is 1. The lowest BCUT2D eigenvalue weighted by molar-refractivity contribution is -0.384. The van der Waals surface area contributed by atoms with E-state index in [2.05, 4.69) is 19.2 Å². The van der Waals surface area contributed by atoms with Crippen molar-refractivity contribution in [2.24, 2.45) is 5.92 Å². The summed E-state index contributed by atoms with van der Waals surface area (Å²) in [5.41, 5.74) is 1.04. The van der Waals surface area contributed by atoms with Crippen molar-refractivity contribution in [3.63, 3.8) is 0 Å². The van der Waals surface area contributed by atoms with Gasteiger partial charge in [-0.05, 0) is 42.2 Å². The molecule has 2 aromatic carbocycles. The van der Waals surface area contributed by atoms with Gasteiger partial charge in [0.1, 0.15) is 0 Å². The van der Waals surface area contributed by atoms with Gasteiger partial charge < -0.3 is 14.8 Å². The van der Waals surface area contributed by atoms with Gasteiger partial charge in [0, 0.05) is 23.9 Å². The maximum atomic E-state index is 12.1. The molecule has 7 nitrogen and oxygen atoms in total. The van der Waals surface area contributed by atoms with Gasteiger partial charge in [0.25, 0.3) is 5.69 Å². The minimum absolute atomic E-state index is 0.0837. The lowest BCUT2D eigenvalue weighted by Gasteiger charge is -2.12. The summed E-state index contributed by atoms with van der Waals surface area (Å²) in [6.07, 6.45) is 3.93. The van der Waals surface area contributed by atoms with Crippen LogP contribution in [0.2, 0.25) is 0 Å². The minimum Gasteiger partial charge on any atom is -0.493 e. The molecule has 148 valence electrons. The highest BCUT2D eigenvalue weighted by molar-refractivity contribution is 6.02. The van der Waals surface area contributed by atoms with Crippen LogP contribution in [0.1, 0.15) is 25.8 Å². The Kier molecular flexibility index (Phi) is 7.56. The van der Waals surface area contributed by atoms with E-state index in [1.54, 1.807) is 31.4 Å². The molecule has 1 amide bonds. The van der Waals surface area contributed by atoms with E-state index in [9.17, 15) is 14.9 Å². The van der Waals surface area contributed by atoms with Gasteiger partial charge in [0.2, 0.25) is 5.91 Å². The quantitative estimate of drug-likeness (QED) is 0.385. The van der Waals surface area contributed by atoms with Gasteiger partial charge in [-0.15, -0.1) is 0 Å². The predicted octanol–water partition coefficient (Wildman–Crippen LogP) is 4.68. The Morgan fingerprint density at radius 2 is 2.00 bits per heavy atom. The van der Waals surface area contributed by atoms with Gasteiger partial charge in [-0.1, -0.05) is 26.0 Å². The van der Waals surface area contributed by atoms with Crippen molar-refractivity contribution in [1.29, 1.82) is 0 Å². The monoisotopic (exact) mass is 384 g/mol. The zero-order valence-electron chi connectivity index (χ0n) is 16.2. The van der Waals surface area contributed by atoms with E-state index in [0.717, 1.165) is 12.0 Å². The average molecular weight is 384 g/mol. The molecule has 0 aliphatic heterocycles. The molecule has 0 atom stereocenters. The molecule has 28 heavy (non-hydrogen) atoms. The van der Waals surface area contributed by atoms with Gasteiger partial charge in [0.05, 0.1) is 18.6 Å². The third kappa shape index (κ3) is 6.42. The van der Waals surface area contributed by atoms with Crippen LogP contribution in [0.5, 0.6) is 11.5 Å². The Morgan fingerprint density at radius 3 is 2.68 bits per heavy atom. The lowest BCUT2D eigenvalue weighted by Crippen LogP contribution is -2.07. The van der Waals surface area contributed by atoms with Crippen LogP contribution in [-0.2, 0) is 4.79 Å². The van der Waals surface area contributed by atoms with Gasteiger partial charge in [-0.25, -0.2) is 0 Å². The number of hydrogen-bond donors (Lipinski definition) is 1. The summed E-state index contributed by atoms with van der Waals surface area (Å²) in [6, 6.07) is 11.2. The summed E-state index contributed by atoms with van der Waals surface area (Å²) < 4.78 is 11.1. The molecular weight excluding hydrogens is 360 g/mol. The molecule has 0 radical (unpaired) electrons. The number of carbonyl (C=O) groups is 1. The molecule has 2 rings (SSSR count). The Hall–Kier alpha value is -3.35. The largest absolute Gasteiger partial charge is 0.493 e. The number of non-ortho nitro benzene ring substituents is 1. The van der Waals surface area contributed by atoms with Crippen molar-refractivity contribution in [3.05, 3.63) is 64.2 Å². The number of carbonyl (C=O) groups excluding carboxylic acids is 1.